The van der Waals surface area contributed by atoms with Crippen molar-refractivity contribution in [1.82, 2.24) is 5.32 Å². The maximum atomic E-state index is 12.0. The topological polar surface area (TPSA) is 38.3 Å². The molecule has 0 heterocycles. The first kappa shape index (κ1) is 15.5. The van der Waals surface area contributed by atoms with Gasteiger partial charge in [-0.25, -0.2) is 0 Å². The molecular weight excluding hydrogens is 297 g/mol. The smallest absolute Gasteiger partial charge is 0.260 e. The summed E-state index contributed by atoms with van der Waals surface area (Å²) < 4.78 is 5.57. The van der Waals surface area contributed by atoms with Gasteiger partial charge < -0.3 is 10.1 Å². The summed E-state index contributed by atoms with van der Waals surface area (Å²) in [6.45, 7) is 2.40. The minimum absolute atomic E-state index is 0.108. The van der Waals surface area contributed by atoms with E-state index in [2.05, 4.69) is 5.32 Å². The molecule has 1 aliphatic carbocycles. The van der Waals surface area contributed by atoms with Crippen molar-refractivity contribution >= 4 is 29.1 Å². The largest absolute Gasteiger partial charge is 0.481 e. The van der Waals surface area contributed by atoms with Crippen LogP contribution in [0.25, 0.3) is 0 Å². The highest BCUT2D eigenvalue weighted by Crippen LogP contribution is 2.28. The molecule has 3 unspecified atom stereocenters. The second-order valence-corrected chi connectivity index (χ2v) is 6.29. The lowest BCUT2D eigenvalue weighted by Gasteiger charge is -2.16. The van der Waals surface area contributed by atoms with E-state index in [0.29, 0.717) is 23.2 Å². The zero-order chi connectivity index (χ0) is 14.5. The summed E-state index contributed by atoms with van der Waals surface area (Å²) in [5, 5.41) is 3.78. The van der Waals surface area contributed by atoms with Crippen LogP contribution in [0.1, 0.15) is 26.2 Å². The molecule has 0 aromatic heterocycles. The average Bonchev–Trinajstić information content (AvgIpc) is 2.81. The van der Waals surface area contributed by atoms with Crippen LogP contribution in [0.3, 0.4) is 0 Å². The SMILES string of the molecule is CC(Oc1cccc(Cl)c1)C(=O)NCC1CCC(Cl)C1. The van der Waals surface area contributed by atoms with Crippen LogP contribution < -0.4 is 10.1 Å². The first-order chi connectivity index (χ1) is 9.54. The monoisotopic (exact) mass is 315 g/mol. The van der Waals surface area contributed by atoms with Gasteiger partial charge in [-0.3, -0.25) is 4.79 Å². The number of hydrogen-bond donors (Lipinski definition) is 1. The van der Waals surface area contributed by atoms with Gasteiger partial charge in [-0.1, -0.05) is 17.7 Å². The number of rotatable bonds is 5. The van der Waals surface area contributed by atoms with Crippen molar-refractivity contribution in [3.8, 4) is 5.75 Å². The van der Waals surface area contributed by atoms with Crippen LogP contribution in [-0.2, 0) is 4.79 Å². The van der Waals surface area contributed by atoms with Crippen LogP contribution in [0.4, 0.5) is 0 Å². The number of ether oxygens (including phenoxy) is 1. The second-order valence-electron chi connectivity index (χ2n) is 5.24. The normalized spacial score (nSPS) is 23.4. The van der Waals surface area contributed by atoms with Crippen molar-refractivity contribution in [2.75, 3.05) is 6.54 Å². The average molecular weight is 316 g/mol. The van der Waals surface area contributed by atoms with E-state index in [9.17, 15) is 4.79 Å². The standard InChI is InChI=1S/C15H19Cl2NO2/c1-10(20-14-4-2-3-12(16)8-14)15(19)18-9-11-5-6-13(17)7-11/h2-4,8,10-11,13H,5-7,9H2,1H3,(H,18,19). The quantitative estimate of drug-likeness (QED) is 0.843. The lowest BCUT2D eigenvalue weighted by atomic mass is 10.1. The third-order valence-electron chi connectivity index (χ3n) is 3.52. The van der Waals surface area contributed by atoms with Crippen molar-refractivity contribution in [2.24, 2.45) is 5.92 Å². The van der Waals surface area contributed by atoms with E-state index in [-0.39, 0.29) is 11.3 Å². The fraction of sp³-hybridized carbons (Fsp3) is 0.533. The van der Waals surface area contributed by atoms with Crippen LogP contribution in [0.5, 0.6) is 5.75 Å². The molecule has 110 valence electrons. The zero-order valence-corrected chi connectivity index (χ0v) is 13.0. The molecule has 3 nitrogen and oxygen atoms in total. The minimum atomic E-state index is -0.540. The van der Waals surface area contributed by atoms with Crippen LogP contribution in [0.15, 0.2) is 24.3 Å². The molecular formula is C15H19Cl2NO2. The molecule has 1 saturated carbocycles. The highest BCUT2D eigenvalue weighted by molar-refractivity contribution is 6.30. The molecule has 1 aliphatic rings. The number of amides is 1. The van der Waals surface area contributed by atoms with E-state index in [1.165, 1.54) is 0 Å². The van der Waals surface area contributed by atoms with Gasteiger partial charge >= 0.3 is 0 Å². The summed E-state index contributed by atoms with van der Waals surface area (Å²) in [7, 11) is 0. The Bertz CT molecular complexity index is 467. The maximum absolute atomic E-state index is 12.0. The van der Waals surface area contributed by atoms with E-state index >= 15 is 0 Å². The van der Waals surface area contributed by atoms with Crippen molar-refractivity contribution in [3.05, 3.63) is 29.3 Å². The fourth-order valence-electron chi connectivity index (χ4n) is 2.39. The van der Waals surface area contributed by atoms with Crippen LogP contribution in [-0.4, -0.2) is 23.9 Å². The number of nitrogens with one attached hydrogen (secondary N) is 1. The Morgan fingerprint density at radius 1 is 1.50 bits per heavy atom. The summed E-state index contributed by atoms with van der Waals surface area (Å²) in [5.74, 6) is 0.977. The van der Waals surface area contributed by atoms with E-state index < -0.39 is 6.10 Å². The summed E-state index contributed by atoms with van der Waals surface area (Å²) in [4.78, 5) is 12.0. The van der Waals surface area contributed by atoms with E-state index in [1.54, 1.807) is 31.2 Å². The van der Waals surface area contributed by atoms with Crippen LogP contribution in [0, 0.1) is 5.92 Å². The molecule has 1 amide bonds. The second kappa shape index (κ2) is 7.19. The lowest BCUT2D eigenvalue weighted by molar-refractivity contribution is -0.127. The Morgan fingerprint density at radius 2 is 2.30 bits per heavy atom. The predicted octanol–water partition coefficient (Wildman–Crippen LogP) is 3.63. The highest BCUT2D eigenvalue weighted by Gasteiger charge is 2.24. The third kappa shape index (κ3) is 4.57. The number of carbonyl (C=O) groups is 1. The fourth-order valence-corrected chi connectivity index (χ4v) is 2.94. The number of alkyl halides is 1. The first-order valence-electron chi connectivity index (χ1n) is 6.88. The summed E-state index contributed by atoms with van der Waals surface area (Å²) >= 11 is 11.9. The van der Waals surface area contributed by atoms with Gasteiger partial charge in [0.2, 0.25) is 0 Å². The van der Waals surface area contributed by atoms with E-state index in [4.69, 9.17) is 27.9 Å². The predicted molar refractivity (Wildman–Crippen MR) is 81.5 cm³/mol. The van der Waals surface area contributed by atoms with Crippen molar-refractivity contribution in [3.63, 3.8) is 0 Å². The van der Waals surface area contributed by atoms with Crippen LogP contribution in [0.2, 0.25) is 5.02 Å². The van der Waals surface area contributed by atoms with Crippen molar-refractivity contribution in [2.45, 2.75) is 37.7 Å². The molecule has 0 aliphatic heterocycles. The lowest BCUT2D eigenvalue weighted by Crippen LogP contribution is -2.38. The molecule has 0 radical (unpaired) electrons. The maximum Gasteiger partial charge on any atom is 0.260 e. The molecule has 3 atom stereocenters. The number of hydrogen-bond acceptors (Lipinski definition) is 2. The molecule has 20 heavy (non-hydrogen) atoms. The molecule has 1 N–H and O–H groups in total. The van der Waals surface area contributed by atoms with Crippen molar-refractivity contribution in [1.29, 1.82) is 0 Å². The minimum Gasteiger partial charge on any atom is -0.481 e. The Morgan fingerprint density at radius 3 is 2.95 bits per heavy atom. The van der Waals surface area contributed by atoms with Gasteiger partial charge in [0.15, 0.2) is 6.10 Å². The summed E-state index contributed by atoms with van der Waals surface area (Å²) in [6, 6.07) is 7.04. The Kier molecular flexibility index (Phi) is 5.55. The van der Waals surface area contributed by atoms with Gasteiger partial charge in [0.25, 0.3) is 5.91 Å². The number of halogens is 2. The van der Waals surface area contributed by atoms with Crippen LogP contribution >= 0.6 is 23.2 Å². The van der Waals surface area contributed by atoms with Gasteiger partial charge in [0.1, 0.15) is 5.75 Å². The van der Waals surface area contributed by atoms with Crippen molar-refractivity contribution < 1.29 is 9.53 Å². The highest BCUT2D eigenvalue weighted by atomic mass is 35.5. The van der Waals surface area contributed by atoms with Gasteiger partial charge in [0.05, 0.1) is 0 Å². The Labute approximate surface area is 129 Å². The molecule has 5 heteroatoms. The van der Waals surface area contributed by atoms with Gasteiger partial charge in [-0.15, -0.1) is 11.6 Å². The summed E-state index contributed by atoms with van der Waals surface area (Å²) in [6.07, 6.45) is 2.56. The Hall–Kier alpha value is -0.930. The van der Waals surface area contributed by atoms with Gasteiger partial charge in [-0.2, -0.15) is 0 Å². The molecule has 1 fully saturated rings. The van der Waals surface area contributed by atoms with Gasteiger partial charge in [0, 0.05) is 16.9 Å². The summed E-state index contributed by atoms with van der Waals surface area (Å²) in [5.41, 5.74) is 0. The molecule has 0 spiro atoms. The molecule has 1 aromatic rings. The molecule has 0 saturated heterocycles. The van der Waals surface area contributed by atoms with Gasteiger partial charge in [-0.05, 0) is 50.3 Å². The zero-order valence-electron chi connectivity index (χ0n) is 11.4. The molecule has 0 bridgehead atoms. The number of carbonyl (C=O) groups excluding carboxylic acids is 1. The third-order valence-corrected chi connectivity index (χ3v) is 4.15. The van der Waals surface area contributed by atoms with E-state index in [0.717, 1.165) is 19.3 Å². The number of benzene rings is 1. The first-order valence-corrected chi connectivity index (χ1v) is 7.70. The Balaban J connectivity index is 1.77. The molecule has 1 aromatic carbocycles. The van der Waals surface area contributed by atoms with E-state index in [1.807, 2.05) is 0 Å². The molecule has 2 rings (SSSR count).